The van der Waals surface area contributed by atoms with E-state index in [0.717, 1.165) is 21.9 Å². The van der Waals surface area contributed by atoms with Crippen LogP contribution in [-0.2, 0) is 4.79 Å². The standard InChI is InChI=1S/C22H17N5O4S/c1-31-14-8-6-13(7-9-14)17-12-32-22-24-21(25-27(17)22)23-18(28)10-11-26-19(29)15-4-2-3-5-16(15)20(26)30/h2-9,12H,10-11H2,1H3,(H,23,25,28). The van der Waals surface area contributed by atoms with Gasteiger partial charge in [0.15, 0.2) is 0 Å². The molecule has 10 heteroatoms. The number of ether oxygens (including phenoxy) is 1. The van der Waals surface area contributed by atoms with Crippen LogP contribution in [-0.4, -0.2) is 50.9 Å². The second-order valence-electron chi connectivity index (χ2n) is 7.08. The lowest BCUT2D eigenvalue weighted by Gasteiger charge is -2.12. The number of hydrogen-bond acceptors (Lipinski definition) is 7. The van der Waals surface area contributed by atoms with E-state index in [4.69, 9.17) is 4.74 Å². The van der Waals surface area contributed by atoms with Gasteiger partial charge in [0, 0.05) is 23.9 Å². The van der Waals surface area contributed by atoms with Crippen LogP contribution in [0.3, 0.4) is 0 Å². The largest absolute Gasteiger partial charge is 0.497 e. The fourth-order valence-electron chi connectivity index (χ4n) is 3.54. The van der Waals surface area contributed by atoms with E-state index in [1.807, 2.05) is 29.6 Å². The van der Waals surface area contributed by atoms with Crippen molar-refractivity contribution in [2.45, 2.75) is 6.42 Å². The summed E-state index contributed by atoms with van der Waals surface area (Å²) in [6, 6.07) is 14.2. The molecule has 0 fully saturated rings. The number of fused-ring (bicyclic) bond motifs is 2. The molecule has 0 bridgehead atoms. The fraction of sp³-hybridized carbons (Fsp3) is 0.136. The van der Waals surface area contributed by atoms with Crippen molar-refractivity contribution in [2.24, 2.45) is 0 Å². The lowest BCUT2D eigenvalue weighted by Crippen LogP contribution is -2.33. The van der Waals surface area contributed by atoms with Gasteiger partial charge in [-0.25, -0.2) is 4.52 Å². The highest BCUT2D eigenvalue weighted by atomic mass is 32.1. The van der Waals surface area contributed by atoms with E-state index in [-0.39, 0.29) is 36.6 Å². The first-order chi connectivity index (χ1) is 15.5. The molecule has 1 aliphatic heterocycles. The molecule has 0 saturated carbocycles. The Hall–Kier alpha value is -4.05. The van der Waals surface area contributed by atoms with Crippen LogP contribution in [0.2, 0.25) is 0 Å². The molecule has 1 N–H and O–H groups in total. The number of hydrogen-bond donors (Lipinski definition) is 1. The van der Waals surface area contributed by atoms with Crippen LogP contribution in [0.5, 0.6) is 5.75 Å². The van der Waals surface area contributed by atoms with Crippen LogP contribution in [0.4, 0.5) is 5.95 Å². The molecule has 0 aliphatic carbocycles. The van der Waals surface area contributed by atoms with E-state index in [0.29, 0.717) is 16.1 Å². The summed E-state index contributed by atoms with van der Waals surface area (Å²) >= 11 is 1.40. The third-order valence-corrected chi connectivity index (χ3v) is 5.98. The first kappa shape index (κ1) is 19.9. The minimum Gasteiger partial charge on any atom is -0.497 e. The van der Waals surface area contributed by atoms with Crippen LogP contribution in [0.25, 0.3) is 16.2 Å². The Morgan fingerprint density at radius 2 is 1.75 bits per heavy atom. The molecule has 9 nitrogen and oxygen atoms in total. The molecule has 2 aromatic carbocycles. The third kappa shape index (κ3) is 3.40. The normalized spacial score (nSPS) is 13.0. The van der Waals surface area contributed by atoms with Crippen molar-refractivity contribution in [3.05, 3.63) is 65.0 Å². The molecule has 5 rings (SSSR count). The number of nitrogens with one attached hydrogen (secondary N) is 1. The number of anilines is 1. The quantitative estimate of drug-likeness (QED) is 0.456. The van der Waals surface area contributed by atoms with E-state index in [1.54, 1.807) is 35.9 Å². The first-order valence-corrected chi connectivity index (χ1v) is 10.7. The molecule has 3 heterocycles. The number of carbonyl (C=O) groups is 3. The summed E-state index contributed by atoms with van der Waals surface area (Å²) in [5.74, 6) is -0.235. The summed E-state index contributed by atoms with van der Waals surface area (Å²) in [4.78, 5) is 43.3. The predicted molar refractivity (Wildman–Crippen MR) is 118 cm³/mol. The van der Waals surface area contributed by atoms with Gasteiger partial charge in [-0.05, 0) is 36.4 Å². The predicted octanol–water partition coefficient (Wildman–Crippen LogP) is 3.09. The van der Waals surface area contributed by atoms with Gasteiger partial charge in [0.05, 0.1) is 23.9 Å². The van der Waals surface area contributed by atoms with Crippen molar-refractivity contribution in [3.8, 4) is 17.0 Å². The second kappa shape index (κ2) is 7.89. The number of carbonyl (C=O) groups excluding carboxylic acids is 3. The summed E-state index contributed by atoms with van der Waals surface area (Å²) in [6.07, 6.45) is -0.0519. The Balaban J connectivity index is 1.26. The number of nitrogens with zero attached hydrogens (tertiary/aromatic N) is 4. The zero-order chi connectivity index (χ0) is 22.2. The third-order valence-electron chi connectivity index (χ3n) is 5.16. The maximum absolute atomic E-state index is 12.4. The molecule has 0 saturated heterocycles. The summed E-state index contributed by atoms with van der Waals surface area (Å²) in [7, 11) is 1.61. The Morgan fingerprint density at radius 1 is 1.06 bits per heavy atom. The monoisotopic (exact) mass is 447 g/mol. The highest BCUT2D eigenvalue weighted by Crippen LogP contribution is 2.27. The molecule has 0 spiro atoms. The van der Waals surface area contributed by atoms with Crippen molar-refractivity contribution >= 4 is 40.0 Å². The van der Waals surface area contributed by atoms with Gasteiger partial charge in [-0.15, -0.1) is 16.4 Å². The van der Waals surface area contributed by atoms with Crippen LogP contribution in [0.1, 0.15) is 27.1 Å². The number of amides is 3. The van der Waals surface area contributed by atoms with Crippen LogP contribution in [0.15, 0.2) is 53.9 Å². The van der Waals surface area contributed by atoms with E-state index in [9.17, 15) is 14.4 Å². The highest BCUT2D eigenvalue weighted by molar-refractivity contribution is 7.15. The number of rotatable bonds is 6. The summed E-state index contributed by atoms with van der Waals surface area (Å²) < 4.78 is 6.85. The van der Waals surface area contributed by atoms with Crippen molar-refractivity contribution in [1.29, 1.82) is 0 Å². The zero-order valence-corrected chi connectivity index (χ0v) is 17.8. The van der Waals surface area contributed by atoms with Gasteiger partial charge >= 0.3 is 0 Å². The molecule has 0 atom stereocenters. The van der Waals surface area contributed by atoms with Crippen molar-refractivity contribution in [2.75, 3.05) is 19.0 Å². The molecule has 160 valence electrons. The molecule has 3 amide bonds. The number of benzene rings is 2. The minimum atomic E-state index is -0.386. The highest BCUT2D eigenvalue weighted by Gasteiger charge is 2.35. The van der Waals surface area contributed by atoms with Gasteiger partial charge in [-0.1, -0.05) is 12.1 Å². The van der Waals surface area contributed by atoms with E-state index < -0.39 is 0 Å². The fourth-order valence-corrected chi connectivity index (χ4v) is 4.37. The topological polar surface area (TPSA) is 106 Å². The maximum Gasteiger partial charge on any atom is 0.261 e. The van der Waals surface area contributed by atoms with Gasteiger partial charge in [-0.2, -0.15) is 4.98 Å². The number of thiazole rings is 1. The lowest BCUT2D eigenvalue weighted by molar-refractivity contribution is -0.116. The molecule has 2 aromatic heterocycles. The number of aromatic nitrogens is 3. The van der Waals surface area contributed by atoms with Crippen LogP contribution >= 0.6 is 11.3 Å². The molecular weight excluding hydrogens is 430 g/mol. The van der Waals surface area contributed by atoms with Gasteiger partial charge in [0.25, 0.3) is 11.8 Å². The summed E-state index contributed by atoms with van der Waals surface area (Å²) in [5.41, 5.74) is 2.50. The molecule has 4 aromatic rings. The second-order valence-corrected chi connectivity index (χ2v) is 7.92. The van der Waals surface area contributed by atoms with Gasteiger partial charge in [0.2, 0.25) is 16.8 Å². The Morgan fingerprint density at radius 3 is 2.41 bits per heavy atom. The SMILES string of the molecule is COc1ccc(-c2csc3nc(NC(=O)CCN4C(=O)c5ccccc5C4=O)nn23)cc1. The first-order valence-electron chi connectivity index (χ1n) is 9.79. The number of imide groups is 1. The maximum atomic E-state index is 12.4. The van der Waals surface area contributed by atoms with Crippen LogP contribution in [0, 0.1) is 0 Å². The summed E-state index contributed by atoms with van der Waals surface area (Å²) in [6.45, 7) is -0.0164. The molecule has 1 aliphatic rings. The average Bonchev–Trinajstić information content (AvgIpc) is 3.45. The van der Waals surface area contributed by atoms with Gasteiger partial charge in [0.1, 0.15) is 5.75 Å². The average molecular weight is 447 g/mol. The minimum absolute atomic E-state index is 0.0164. The van der Waals surface area contributed by atoms with E-state index in [1.165, 1.54) is 11.3 Å². The van der Waals surface area contributed by atoms with E-state index >= 15 is 0 Å². The van der Waals surface area contributed by atoms with Crippen molar-refractivity contribution in [3.63, 3.8) is 0 Å². The van der Waals surface area contributed by atoms with Crippen LogP contribution < -0.4 is 10.1 Å². The van der Waals surface area contributed by atoms with Gasteiger partial charge < -0.3 is 4.74 Å². The van der Waals surface area contributed by atoms with E-state index in [2.05, 4.69) is 15.4 Å². The van der Waals surface area contributed by atoms with Gasteiger partial charge in [-0.3, -0.25) is 24.6 Å². The Bertz CT molecular complexity index is 1320. The Labute approximate surface area is 186 Å². The molecule has 0 radical (unpaired) electrons. The molecule has 32 heavy (non-hydrogen) atoms. The number of methoxy groups -OCH3 is 1. The molecular formula is C22H17N5O4S. The smallest absolute Gasteiger partial charge is 0.261 e. The zero-order valence-electron chi connectivity index (χ0n) is 16.9. The van der Waals surface area contributed by atoms with Crippen molar-refractivity contribution < 1.29 is 19.1 Å². The Kier molecular flexibility index (Phi) is 4.91. The lowest BCUT2D eigenvalue weighted by atomic mass is 10.1. The summed E-state index contributed by atoms with van der Waals surface area (Å²) in [5, 5.41) is 8.96. The molecule has 0 unspecified atom stereocenters. The van der Waals surface area contributed by atoms with Crippen molar-refractivity contribution in [1.82, 2.24) is 19.5 Å².